The van der Waals surface area contributed by atoms with E-state index in [2.05, 4.69) is 0 Å². The maximum atomic E-state index is 12.5. The summed E-state index contributed by atoms with van der Waals surface area (Å²) in [6, 6.07) is -2.27. The highest BCUT2D eigenvalue weighted by atomic mass is 16.5. The third kappa shape index (κ3) is 3.87. The number of hydrogen-bond donors (Lipinski definition) is 0. The topological polar surface area (TPSA) is 52.6 Å². The van der Waals surface area contributed by atoms with E-state index in [4.69, 9.17) is 23.2 Å². The van der Waals surface area contributed by atoms with E-state index in [1.807, 2.05) is 0 Å². The summed E-state index contributed by atoms with van der Waals surface area (Å²) in [7, 11) is 0. The summed E-state index contributed by atoms with van der Waals surface area (Å²) < 4.78 is 87.2. The maximum absolute atomic E-state index is 12.5. The number of esters is 2. The van der Waals surface area contributed by atoms with Crippen molar-refractivity contribution in [3.63, 3.8) is 0 Å². The lowest BCUT2D eigenvalue weighted by atomic mass is 10.2. The van der Waals surface area contributed by atoms with Crippen molar-refractivity contribution in [1.29, 1.82) is 0 Å². The minimum Gasteiger partial charge on any atom is -0.423 e. The first-order chi connectivity index (χ1) is 15.9. The summed E-state index contributed by atoms with van der Waals surface area (Å²) in [4.78, 5) is 25.0. The average molecular weight is 328 g/mol. The van der Waals surface area contributed by atoms with Gasteiger partial charge in [0.15, 0.2) is 0 Å². The number of rotatable bonds is 4. The summed E-state index contributed by atoms with van der Waals surface area (Å²) in [6.45, 7) is 0. The molecule has 0 fully saturated rings. The Labute approximate surface area is 153 Å². The molecule has 3 aromatic rings. The van der Waals surface area contributed by atoms with Gasteiger partial charge in [-0.25, -0.2) is 9.59 Å². The van der Waals surface area contributed by atoms with Gasteiger partial charge in [0, 0.05) is 6.07 Å². The summed E-state index contributed by atoms with van der Waals surface area (Å²) in [6.07, 6.45) is 0. The zero-order valence-corrected chi connectivity index (χ0v) is 11.9. The van der Waals surface area contributed by atoms with Gasteiger partial charge in [0.2, 0.25) is 0 Å². The standard InChI is InChI=1S/C20H14O4/c21-19(15-8-3-1-4-9-15)23-17-12-7-13-18(14-17)24-20(22)16-10-5-2-6-11-16/h1-14H/i1D,2D,3D,4D,5D,6D,8D,9D,10D,11D. The Morgan fingerprint density at radius 3 is 1.54 bits per heavy atom. The molecule has 3 aromatic carbocycles. The molecule has 0 heterocycles. The fourth-order valence-electron chi connectivity index (χ4n) is 1.62. The van der Waals surface area contributed by atoms with Crippen LogP contribution in [0.2, 0.25) is 0 Å². The minimum atomic E-state index is -1.24. The van der Waals surface area contributed by atoms with E-state index in [1.165, 1.54) is 18.2 Å². The summed E-state index contributed by atoms with van der Waals surface area (Å²) in [5, 5.41) is 0. The van der Waals surface area contributed by atoms with Crippen molar-refractivity contribution in [3.05, 3.63) is 95.8 Å². The second-order valence-corrected chi connectivity index (χ2v) is 4.25. The number of carbonyl (C=O) groups excluding carboxylic acids is 2. The smallest absolute Gasteiger partial charge is 0.343 e. The summed E-state index contributed by atoms with van der Waals surface area (Å²) >= 11 is 0. The highest BCUT2D eigenvalue weighted by molar-refractivity contribution is 5.92. The molecule has 0 aliphatic heterocycles. The molecule has 0 saturated carbocycles. The number of carbonyl (C=O) groups is 2. The van der Waals surface area contributed by atoms with Crippen LogP contribution in [0.1, 0.15) is 34.4 Å². The van der Waals surface area contributed by atoms with Gasteiger partial charge in [0.05, 0.1) is 24.8 Å². The maximum Gasteiger partial charge on any atom is 0.343 e. The third-order valence-corrected chi connectivity index (χ3v) is 2.63. The van der Waals surface area contributed by atoms with Gasteiger partial charge in [0.25, 0.3) is 0 Å². The fourth-order valence-corrected chi connectivity index (χ4v) is 1.62. The number of benzene rings is 3. The summed E-state index contributed by atoms with van der Waals surface area (Å²) in [5.41, 5.74) is -1.37. The Hall–Kier alpha value is -3.40. The molecule has 0 aromatic heterocycles. The van der Waals surface area contributed by atoms with Crippen LogP contribution in [0.3, 0.4) is 0 Å². The van der Waals surface area contributed by atoms with Crippen molar-refractivity contribution in [2.45, 2.75) is 0 Å². The van der Waals surface area contributed by atoms with Crippen molar-refractivity contribution in [2.24, 2.45) is 0 Å². The lowest BCUT2D eigenvalue weighted by Crippen LogP contribution is -2.10. The van der Waals surface area contributed by atoms with Crippen molar-refractivity contribution < 1.29 is 32.8 Å². The number of ether oxygens (including phenoxy) is 2. The largest absolute Gasteiger partial charge is 0.423 e. The van der Waals surface area contributed by atoms with Crippen LogP contribution in [0.5, 0.6) is 11.5 Å². The normalized spacial score (nSPS) is 15.8. The van der Waals surface area contributed by atoms with Crippen LogP contribution < -0.4 is 9.47 Å². The zero-order valence-electron chi connectivity index (χ0n) is 21.9. The van der Waals surface area contributed by atoms with Crippen LogP contribution in [0.4, 0.5) is 0 Å². The number of hydrogen-bond acceptors (Lipinski definition) is 4. The van der Waals surface area contributed by atoms with Gasteiger partial charge >= 0.3 is 11.9 Å². The molecular weight excluding hydrogens is 304 g/mol. The van der Waals surface area contributed by atoms with Crippen LogP contribution >= 0.6 is 0 Å². The van der Waals surface area contributed by atoms with Gasteiger partial charge in [-0.3, -0.25) is 0 Å². The van der Waals surface area contributed by atoms with E-state index >= 15 is 0 Å². The molecule has 4 heteroatoms. The lowest BCUT2D eigenvalue weighted by Gasteiger charge is -2.07. The Bertz CT molecular complexity index is 1200. The van der Waals surface area contributed by atoms with Crippen LogP contribution in [-0.2, 0) is 0 Å². The molecule has 0 radical (unpaired) electrons. The molecule has 4 nitrogen and oxygen atoms in total. The van der Waals surface area contributed by atoms with Crippen LogP contribution in [0.15, 0.2) is 84.7 Å². The van der Waals surface area contributed by atoms with Crippen LogP contribution in [-0.4, -0.2) is 11.9 Å². The molecular formula is C20H14O4. The molecule has 0 aliphatic rings. The zero-order chi connectivity index (χ0) is 25.5. The van der Waals surface area contributed by atoms with Crippen molar-refractivity contribution >= 4 is 11.9 Å². The van der Waals surface area contributed by atoms with E-state index in [9.17, 15) is 9.59 Å². The Morgan fingerprint density at radius 2 is 1.12 bits per heavy atom. The predicted octanol–water partition coefficient (Wildman–Crippen LogP) is 4.13. The quantitative estimate of drug-likeness (QED) is 0.534. The molecule has 0 amide bonds. The summed E-state index contributed by atoms with van der Waals surface area (Å²) in [5.74, 6) is -2.90. The fraction of sp³-hybridized carbons (Fsp3) is 0. The second-order valence-electron chi connectivity index (χ2n) is 4.25. The van der Waals surface area contributed by atoms with E-state index < -0.39 is 83.5 Å². The SMILES string of the molecule is [2H]c1c([2H])c([2H])c(C(=O)Oc2cccc(OC(=O)c3c([2H])c([2H])c([2H])c([2H])c3[2H])c2)c([2H])c1[2H]. The van der Waals surface area contributed by atoms with Crippen molar-refractivity contribution in [3.8, 4) is 11.5 Å². The van der Waals surface area contributed by atoms with Crippen LogP contribution in [0.25, 0.3) is 0 Å². The van der Waals surface area contributed by atoms with E-state index in [1.54, 1.807) is 0 Å². The molecule has 0 atom stereocenters. The van der Waals surface area contributed by atoms with Crippen LogP contribution in [0, 0.1) is 0 Å². The molecule has 24 heavy (non-hydrogen) atoms. The lowest BCUT2D eigenvalue weighted by molar-refractivity contribution is 0.0733. The molecule has 118 valence electrons. The molecule has 0 aliphatic carbocycles. The van der Waals surface area contributed by atoms with Gasteiger partial charge in [-0.15, -0.1) is 0 Å². The van der Waals surface area contributed by atoms with E-state index in [0.717, 1.165) is 6.07 Å². The van der Waals surface area contributed by atoms with Crippen molar-refractivity contribution in [1.82, 2.24) is 0 Å². The monoisotopic (exact) mass is 328 g/mol. The van der Waals surface area contributed by atoms with Gasteiger partial charge < -0.3 is 9.47 Å². The second kappa shape index (κ2) is 7.24. The van der Waals surface area contributed by atoms with Gasteiger partial charge in [-0.2, -0.15) is 0 Å². The molecule has 0 saturated heterocycles. The van der Waals surface area contributed by atoms with Crippen molar-refractivity contribution in [2.75, 3.05) is 0 Å². The van der Waals surface area contributed by atoms with Gasteiger partial charge in [-0.05, 0) is 36.3 Å². The first kappa shape index (κ1) is 7.45. The van der Waals surface area contributed by atoms with Gasteiger partial charge in [0.1, 0.15) is 11.5 Å². The Kier molecular flexibility index (Phi) is 2.25. The minimum absolute atomic E-state index is 0.205. The van der Waals surface area contributed by atoms with E-state index in [-0.39, 0.29) is 11.5 Å². The first-order valence-electron chi connectivity index (χ1n) is 11.5. The Balaban J connectivity index is 1.89. The van der Waals surface area contributed by atoms with Gasteiger partial charge in [-0.1, -0.05) is 42.3 Å². The molecule has 3 rings (SSSR count). The highest BCUT2D eigenvalue weighted by Crippen LogP contribution is 2.21. The average Bonchev–Trinajstić information content (AvgIpc) is 2.79. The third-order valence-electron chi connectivity index (χ3n) is 2.63. The molecule has 0 bridgehead atoms. The Morgan fingerprint density at radius 1 is 0.708 bits per heavy atom. The van der Waals surface area contributed by atoms with E-state index in [0.29, 0.717) is 0 Å². The molecule has 0 unspecified atom stereocenters. The molecule has 0 N–H and O–H groups in total. The predicted molar refractivity (Wildman–Crippen MR) is 89.2 cm³/mol. The first-order valence-corrected chi connectivity index (χ1v) is 6.55. The molecule has 0 spiro atoms. The highest BCUT2D eigenvalue weighted by Gasteiger charge is 2.11.